The fraction of sp³-hybridized carbons (Fsp3) is 0.222. The van der Waals surface area contributed by atoms with E-state index in [4.69, 9.17) is 10.00 Å². The molecular weight excluding hydrogens is 308 g/mol. The first-order valence-electron chi connectivity index (χ1n) is 7.20. The Morgan fingerprint density at radius 1 is 1.22 bits per heavy atom. The van der Waals surface area contributed by atoms with Gasteiger partial charge in [-0.25, -0.2) is 0 Å². The van der Waals surface area contributed by atoms with E-state index in [9.17, 15) is 4.79 Å². The number of methoxy groups -OCH3 is 1. The molecule has 0 saturated carbocycles. The van der Waals surface area contributed by atoms with E-state index in [-0.39, 0.29) is 11.2 Å². The van der Waals surface area contributed by atoms with Crippen molar-refractivity contribution in [3.8, 4) is 11.8 Å². The second kappa shape index (κ2) is 8.25. The van der Waals surface area contributed by atoms with E-state index in [1.807, 2.05) is 55.5 Å². The molecule has 2 rings (SSSR count). The number of anilines is 1. The molecule has 0 aliphatic carbocycles. The number of hydrogen-bond donors (Lipinski definition) is 1. The van der Waals surface area contributed by atoms with Crippen molar-refractivity contribution in [3.05, 3.63) is 54.1 Å². The summed E-state index contributed by atoms with van der Waals surface area (Å²) in [4.78, 5) is 13.3. The summed E-state index contributed by atoms with van der Waals surface area (Å²) in [5, 5.41) is 11.3. The van der Waals surface area contributed by atoms with Gasteiger partial charge in [-0.15, -0.1) is 11.8 Å². The Bertz CT molecular complexity index is 690. The molecule has 0 aliphatic rings. The summed E-state index contributed by atoms with van der Waals surface area (Å²) in [6, 6.07) is 17.0. The second-order valence-corrected chi connectivity index (χ2v) is 6.37. The molecule has 0 bridgehead atoms. The molecule has 0 fully saturated rings. The summed E-state index contributed by atoms with van der Waals surface area (Å²) in [6.45, 7) is 1.87. The van der Waals surface area contributed by atoms with Crippen molar-refractivity contribution in [1.29, 1.82) is 5.26 Å². The molecule has 0 radical (unpaired) electrons. The zero-order valence-electron chi connectivity index (χ0n) is 13.1. The molecule has 118 valence electrons. The number of amides is 1. The van der Waals surface area contributed by atoms with Crippen LogP contribution in [-0.2, 0) is 11.2 Å². The van der Waals surface area contributed by atoms with Crippen molar-refractivity contribution in [2.75, 3.05) is 12.4 Å². The van der Waals surface area contributed by atoms with Crippen LogP contribution >= 0.6 is 11.8 Å². The van der Waals surface area contributed by atoms with Crippen molar-refractivity contribution in [1.82, 2.24) is 0 Å². The van der Waals surface area contributed by atoms with Crippen LogP contribution in [0.5, 0.6) is 5.75 Å². The van der Waals surface area contributed by atoms with Crippen LogP contribution < -0.4 is 10.1 Å². The maximum Gasteiger partial charge on any atom is 0.237 e. The van der Waals surface area contributed by atoms with Gasteiger partial charge in [0.1, 0.15) is 5.75 Å². The summed E-state index contributed by atoms with van der Waals surface area (Å²) in [5.41, 5.74) is 1.67. The van der Waals surface area contributed by atoms with Crippen molar-refractivity contribution in [2.45, 2.75) is 23.5 Å². The molecule has 0 spiro atoms. The lowest BCUT2D eigenvalue weighted by atomic mass is 10.1. The molecule has 2 aromatic rings. The Morgan fingerprint density at radius 2 is 1.87 bits per heavy atom. The van der Waals surface area contributed by atoms with E-state index in [0.717, 1.165) is 21.9 Å². The summed E-state index contributed by atoms with van der Waals surface area (Å²) in [5.74, 6) is 0.739. The smallest absolute Gasteiger partial charge is 0.237 e. The number of carbonyl (C=O) groups excluding carboxylic acids is 1. The van der Waals surface area contributed by atoms with Gasteiger partial charge in [0.2, 0.25) is 5.91 Å². The SMILES string of the molecule is COc1ccc(S[C@@H](C)C(=O)Nc2ccc(CC#N)cc2)cc1. The third-order valence-electron chi connectivity index (χ3n) is 3.25. The van der Waals surface area contributed by atoms with E-state index in [2.05, 4.69) is 11.4 Å². The fourth-order valence-corrected chi connectivity index (χ4v) is 2.82. The van der Waals surface area contributed by atoms with E-state index in [0.29, 0.717) is 6.42 Å². The highest BCUT2D eigenvalue weighted by molar-refractivity contribution is 8.00. The van der Waals surface area contributed by atoms with Crippen LogP contribution in [0.1, 0.15) is 12.5 Å². The highest BCUT2D eigenvalue weighted by Crippen LogP contribution is 2.26. The fourth-order valence-electron chi connectivity index (χ4n) is 1.95. The van der Waals surface area contributed by atoms with Crippen LogP contribution in [0, 0.1) is 11.3 Å². The van der Waals surface area contributed by atoms with Gasteiger partial charge in [-0.1, -0.05) is 12.1 Å². The number of nitrogens with zero attached hydrogens (tertiary/aromatic N) is 1. The molecule has 0 saturated heterocycles. The van der Waals surface area contributed by atoms with Crippen LogP contribution in [0.4, 0.5) is 5.69 Å². The first-order valence-corrected chi connectivity index (χ1v) is 8.08. The minimum absolute atomic E-state index is 0.0566. The van der Waals surface area contributed by atoms with Crippen molar-refractivity contribution in [3.63, 3.8) is 0 Å². The van der Waals surface area contributed by atoms with Gasteiger partial charge < -0.3 is 10.1 Å². The van der Waals surface area contributed by atoms with Crippen LogP contribution in [0.25, 0.3) is 0 Å². The van der Waals surface area contributed by atoms with Crippen LogP contribution in [0.3, 0.4) is 0 Å². The minimum atomic E-state index is -0.220. The minimum Gasteiger partial charge on any atom is -0.497 e. The normalized spacial score (nSPS) is 11.3. The molecule has 5 heteroatoms. The first-order chi connectivity index (χ1) is 11.1. The molecule has 0 aliphatic heterocycles. The van der Waals surface area contributed by atoms with Gasteiger partial charge in [-0.3, -0.25) is 4.79 Å². The molecule has 1 N–H and O–H groups in total. The molecule has 2 aromatic carbocycles. The average molecular weight is 326 g/mol. The standard InChI is InChI=1S/C18H18N2O2S/c1-13(23-17-9-7-16(22-2)8-10-17)18(21)20-15-5-3-14(4-6-15)11-12-19/h3-10,13H,11H2,1-2H3,(H,20,21)/t13-/m0/s1. The van der Waals surface area contributed by atoms with Gasteiger partial charge in [0.05, 0.1) is 24.8 Å². The van der Waals surface area contributed by atoms with Gasteiger partial charge in [0.15, 0.2) is 0 Å². The highest BCUT2D eigenvalue weighted by atomic mass is 32.2. The number of nitriles is 1. The molecule has 23 heavy (non-hydrogen) atoms. The predicted octanol–water partition coefficient (Wildman–Crippen LogP) is 3.88. The van der Waals surface area contributed by atoms with Gasteiger partial charge in [0, 0.05) is 10.6 Å². The zero-order chi connectivity index (χ0) is 16.7. The quantitative estimate of drug-likeness (QED) is 0.818. The largest absolute Gasteiger partial charge is 0.497 e. The number of ether oxygens (including phenoxy) is 1. The zero-order valence-corrected chi connectivity index (χ0v) is 13.9. The van der Waals surface area contributed by atoms with Crippen molar-refractivity contribution in [2.24, 2.45) is 0 Å². The Balaban J connectivity index is 1.92. The molecular formula is C18H18N2O2S. The Morgan fingerprint density at radius 3 is 2.43 bits per heavy atom. The van der Waals surface area contributed by atoms with Crippen LogP contribution in [0.2, 0.25) is 0 Å². The summed E-state index contributed by atoms with van der Waals surface area (Å²) in [6.07, 6.45) is 0.373. The van der Waals surface area contributed by atoms with Gasteiger partial charge >= 0.3 is 0 Å². The highest BCUT2D eigenvalue weighted by Gasteiger charge is 2.14. The Labute approximate surface area is 140 Å². The van der Waals surface area contributed by atoms with Crippen LogP contribution in [0.15, 0.2) is 53.4 Å². The number of nitrogens with one attached hydrogen (secondary N) is 1. The van der Waals surface area contributed by atoms with E-state index < -0.39 is 0 Å². The van der Waals surface area contributed by atoms with E-state index >= 15 is 0 Å². The van der Waals surface area contributed by atoms with Gasteiger partial charge in [-0.2, -0.15) is 5.26 Å². The first kappa shape index (κ1) is 16.9. The van der Waals surface area contributed by atoms with E-state index in [1.165, 1.54) is 11.8 Å². The number of carbonyl (C=O) groups is 1. The number of rotatable bonds is 6. The number of hydrogen-bond acceptors (Lipinski definition) is 4. The van der Waals surface area contributed by atoms with Gasteiger partial charge in [-0.05, 0) is 48.9 Å². The third-order valence-corrected chi connectivity index (χ3v) is 4.36. The molecule has 0 unspecified atom stereocenters. The lowest BCUT2D eigenvalue weighted by Crippen LogP contribution is -2.22. The molecule has 4 nitrogen and oxygen atoms in total. The number of benzene rings is 2. The Hall–Kier alpha value is -2.45. The maximum absolute atomic E-state index is 12.2. The average Bonchev–Trinajstić information content (AvgIpc) is 2.57. The second-order valence-electron chi connectivity index (χ2n) is 4.96. The third kappa shape index (κ3) is 5.04. The topological polar surface area (TPSA) is 62.1 Å². The summed E-state index contributed by atoms with van der Waals surface area (Å²) < 4.78 is 5.12. The van der Waals surface area contributed by atoms with Crippen LogP contribution in [-0.4, -0.2) is 18.3 Å². The summed E-state index contributed by atoms with van der Waals surface area (Å²) >= 11 is 1.49. The monoisotopic (exact) mass is 326 g/mol. The number of thioether (sulfide) groups is 1. The molecule has 1 atom stereocenters. The molecule has 1 amide bonds. The van der Waals surface area contributed by atoms with Crippen molar-refractivity contribution < 1.29 is 9.53 Å². The lowest BCUT2D eigenvalue weighted by molar-refractivity contribution is -0.115. The lowest BCUT2D eigenvalue weighted by Gasteiger charge is -2.12. The molecule has 0 heterocycles. The van der Waals surface area contributed by atoms with E-state index in [1.54, 1.807) is 7.11 Å². The molecule has 0 aromatic heterocycles. The van der Waals surface area contributed by atoms with Gasteiger partial charge in [0.25, 0.3) is 0 Å². The van der Waals surface area contributed by atoms with Crippen molar-refractivity contribution >= 4 is 23.4 Å². The predicted molar refractivity (Wildman–Crippen MR) is 92.7 cm³/mol. The Kier molecular flexibility index (Phi) is 6.07. The summed E-state index contributed by atoms with van der Waals surface area (Å²) in [7, 11) is 1.63. The maximum atomic E-state index is 12.2.